The minimum Gasteiger partial charge on any atom is -0.335 e. The second-order valence-electron chi connectivity index (χ2n) is 7.66. The third-order valence-corrected chi connectivity index (χ3v) is 7.08. The third kappa shape index (κ3) is 4.36. The van der Waals surface area contributed by atoms with E-state index in [-0.39, 0.29) is 12.1 Å². The van der Waals surface area contributed by atoms with Gasteiger partial charge in [-0.05, 0) is 64.2 Å². The van der Waals surface area contributed by atoms with Crippen molar-refractivity contribution in [1.29, 1.82) is 0 Å². The maximum atomic E-state index is 12.7. The van der Waals surface area contributed by atoms with Crippen LogP contribution in [-0.2, 0) is 0 Å². The van der Waals surface area contributed by atoms with Gasteiger partial charge in [0.25, 0.3) is 0 Å². The van der Waals surface area contributed by atoms with Gasteiger partial charge in [-0.25, -0.2) is 4.79 Å². The molecule has 132 valence electrons. The average Bonchev–Trinajstić information content (AvgIpc) is 2.70. The quantitative estimate of drug-likeness (QED) is 0.858. The van der Waals surface area contributed by atoms with E-state index in [1.807, 2.05) is 11.8 Å². The highest BCUT2D eigenvalue weighted by atomic mass is 32.2. The lowest BCUT2D eigenvalue weighted by molar-refractivity contribution is 0.0666. The van der Waals surface area contributed by atoms with E-state index in [1.165, 1.54) is 50.9 Å². The number of nitrogens with one attached hydrogen (secondary N) is 1. The van der Waals surface area contributed by atoms with Crippen LogP contribution < -0.4 is 5.32 Å². The van der Waals surface area contributed by atoms with Crippen LogP contribution in [0.2, 0.25) is 0 Å². The van der Waals surface area contributed by atoms with Crippen molar-refractivity contribution in [3.05, 3.63) is 0 Å². The molecule has 1 N–H and O–H groups in total. The number of carbonyl (C=O) groups is 1. The highest BCUT2D eigenvalue weighted by Gasteiger charge is 2.32. The molecule has 2 aliphatic heterocycles. The van der Waals surface area contributed by atoms with Crippen molar-refractivity contribution < 1.29 is 4.79 Å². The molecule has 2 saturated heterocycles. The number of thioether (sulfide) groups is 1. The molecule has 2 heterocycles. The van der Waals surface area contributed by atoms with Crippen LogP contribution in [0.5, 0.6) is 0 Å². The summed E-state index contributed by atoms with van der Waals surface area (Å²) in [6.07, 6.45) is 7.84. The predicted molar refractivity (Wildman–Crippen MR) is 98.0 cm³/mol. The Bertz CT molecular complexity index is 402. The summed E-state index contributed by atoms with van der Waals surface area (Å²) in [5.74, 6) is 2.87. The predicted octanol–water partition coefficient (Wildman–Crippen LogP) is 3.18. The molecule has 0 unspecified atom stereocenters. The zero-order valence-corrected chi connectivity index (χ0v) is 15.6. The van der Waals surface area contributed by atoms with Crippen molar-refractivity contribution in [2.24, 2.45) is 5.92 Å². The Labute approximate surface area is 145 Å². The van der Waals surface area contributed by atoms with Crippen molar-refractivity contribution in [3.8, 4) is 0 Å². The molecule has 2 amide bonds. The first-order valence-electron chi connectivity index (χ1n) is 9.54. The first kappa shape index (κ1) is 17.4. The van der Waals surface area contributed by atoms with Gasteiger partial charge < -0.3 is 15.1 Å². The number of amides is 2. The first-order chi connectivity index (χ1) is 11.1. The van der Waals surface area contributed by atoms with Crippen LogP contribution in [0.15, 0.2) is 0 Å². The standard InChI is InChI=1S/C18H33N3OS/c1-14-8-11-23-12-10-21(14)18(22)19-15(2)16-5-4-9-20(13-16)17-6-3-7-17/h14-17H,3-13H2,1-2H3,(H,19,22)/t14-,15-,16-/m0/s1. The molecule has 0 aromatic heterocycles. The van der Waals surface area contributed by atoms with Gasteiger partial charge in [0.1, 0.15) is 0 Å². The fourth-order valence-corrected chi connectivity index (χ4v) is 5.16. The highest BCUT2D eigenvalue weighted by molar-refractivity contribution is 7.99. The van der Waals surface area contributed by atoms with Crippen molar-refractivity contribution in [1.82, 2.24) is 15.1 Å². The highest BCUT2D eigenvalue weighted by Crippen LogP contribution is 2.30. The van der Waals surface area contributed by atoms with Gasteiger partial charge >= 0.3 is 6.03 Å². The summed E-state index contributed by atoms with van der Waals surface area (Å²) >= 11 is 1.97. The van der Waals surface area contributed by atoms with Gasteiger partial charge in [0.15, 0.2) is 0 Å². The number of nitrogens with zero attached hydrogens (tertiary/aromatic N) is 2. The number of likely N-dealkylation sites (tertiary alicyclic amines) is 1. The van der Waals surface area contributed by atoms with Crippen molar-refractivity contribution in [2.45, 2.75) is 70.5 Å². The Hall–Kier alpha value is -0.420. The molecule has 1 saturated carbocycles. The van der Waals surface area contributed by atoms with Gasteiger partial charge in [-0.15, -0.1) is 0 Å². The number of urea groups is 1. The first-order valence-corrected chi connectivity index (χ1v) is 10.7. The summed E-state index contributed by atoms with van der Waals surface area (Å²) in [6.45, 7) is 7.74. The molecule has 1 aliphatic carbocycles. The molecule has 3 fully saturated rings. The molecule has 0 spiro atoms. The summed E-state index contributed by atoms with van der Waals surface area (Å²) in [5.41, 5.74) is 0. The minimum absolute atomic E-state index is 0.160. The molecule has 0 aromatic rings. The van der Waals surface area contributed by atoms with Gasteiger partial charge in [0, 0.05) is 37.0 Å². The van der Waals surface area contributed by atoms with Gasteiger partial charge in [-0.3, -0.25) is 0 Å². The smallest absolute Gasteiger partial charge is 0.317 e. The van der Waals surface area contributed by atoms with E-state index in [2.05, 4.69) is 29.0 Å². The molecular weight excluding hydrogens is 306 g/mol. The molecule has 0 aromatic carbocycles. The van der Waals surface area contributed by atoms with Crippen LogP contribution in [-0.4, -0.2) is 65.1 Å². The Kier molecular flexibility index (Phi) is 6.13. The Balaban J connectivity index is 1.50. The van der Waals surface area contributed by atoms with E-state index in [1.54, 1.807) is 0 Å². The number of piperidine rings is 1. The van der Waals surface area contributed by atoms with Crippen molar-refractivity contribution in [2.75, 3.05) is 31.1 Å². The molecule has 3 rings (SSSR count). The zero-order chi connectivity index (χ0) is 16.2. The van der Waals surface area contributed by atoms with Crippen LogP contribution in [0.1, 0.15) is 52.4 Å². The Morgan fingerprint density at radius 2 is 1.96 bits per heavy atom. The van der Waals surface area contributed by atoms with Crippen molar-refractivity contribution in [3.63, 3.8) is 0 Å². The molecule has 3 aliphatic rings. The monoisotopic (exact) mass is 339 g/mol. The second-order valence-corrected chi connectivity index (χ2v) is 8.89. The molecule has 4 nitrogen and oxygen atoms in total. The van der Waals surface area contributed by atoms with Crippen LogP contribution in [0, 0.1) is 5.92 Å². The zero-order valence-electron chi connectivity index (χ0n) is 14.8. The van der Waals surface area contributed by atoms with E-state index in [0.717, 1.165) is 24.8 Å². The van der Waals surface area contributed by atoms with Gasteiger partial charge in [0.2, 0.25) is 0 Å². The Morgan fingerprint density at radius 1 is 1.13 bits per heavy atom. The van der Waals surface area contributed by atoms with E-state index >= 15 is 0 Å². The summed E-state index contributed by atoms with van der Waals surface area (Å²) in [6, 6.07) is 1.65. The van der Waals surface area contributed by atoms with E-state index in [0.29, 0.717) is 12.0 Å². The van der Waals surface area contributed by atoms with Crippen molar-refractivity contribution >= 4 is 17.8 Å². The topological polar surface area (TPSA) is 35.6 Å². The Morgan fingerprint density at radius 3 is 2.70 bits per heavy atom. The molecule has 0 radical (unpaired) electrons. The average molecular weight is 340 g/mol. The van der Waals surface area contributed by atoms with Gasteiger partial charge in [-0.1, -0.05) is 6.42 Å². The fourth-order valence-electron chi connectivity index (χ4n) is 4.12. The largest absolute Gasteiger partial charge is 0.335 e. The summed E-state index contributed by atoms with van der Waals surface area (Å²) in [7, 11) is 0. The normalized spacial score (nSPS) is 32.0. The summed E-state index contributed by atoms with van der Waals surface area (Å²) < 4.78 is 0. The van der Waals surface area contributed by atoms with E-state index in [9.17, 15) is 4.79 Å². The summed E-state index contributed by atoms with van der Waals surface area (Å²) in [5, 5.41) is 3.32. The molecular formula is C18H33N3OS. The van der Waals surface area contributed by atoms with Crippen LogP contribution in [0.3, 0.4) is 0 Å². The molecule has 5 heteroatoms. The van der Waals surface area contributed by atoms with Crippen LogP contribution >= 0.6 is 11.8 Å². The number of hydrogen-bond acceptors (Lipinski definition) is 3. The number of rotatable bonds is 3. The van der Waals surface area contributed by atoms with E-state index in [4.69, 9.17) is 0 Å². The summed E-state index contributed by atoms with van der Waals surface area (Å²) in [4.78, 5) is 17.4. The lowest BCUT2D eigenvalue weighted by atomic mass is 9.85. The molecule has 23 heavy (non-hydrogen) atoms. The van der Waals surface area contributed by atoms with Crippen LogP contribution in [0.4, 0.5) is 4.79 Å². The maximum Gasteiger partial charge on any atom is 0.317 e. The second kappa shape index (κ2) is 8.11. The van der Waals surface area contributed by atoms with E-state index < -0.39 is 0 Å². The maximum absolute atomic E-state index is 12.7. The lowest BCUT2D eigenvalue weighted by Gasteiger charge is -2.44. The van der Waals surface area contributed by atoms with Gasteiger partial charge in [0.05, 0.1) is 0 Å². The SMILES string of the molecule is C[C@H](NC(=O)N1CCSCC[C@@H]1C)[C@H]1CCCN(C2CCC2)C1. The minimum atomic E-state index is 0.160. The number of carbonyl (C=O) groups excluding carboxylic acids is 1. The lowest BCUT2D eigenvalue weighted by Crippen LogP contribution is -2.54. The third-order valence-electron chi connectivity index (χ3n) is 6.09. The van der Waals surface area contributed by atoms with Gasteiger partial charge in [-0.2, -0.15) is 11.8 Å². The number of hydrogen-bond donors (Lipinski definition) is 1. The van der Waals surface area contributed by atoms with Crippen LogP contribution in [0.25, 0.3) is 0 Å². The fraction of sp³-hybridized carbons (Fsp3) is 0.944. The molecule has 3 atom stereocenters. The molecule has 0 bridgehead atoms.